The van der Waals surface area contributed by atoms with Gasteiger partial charge in [0.15, 0.2) is 0 Å². The van der Waals surface area contributed by atoms with Crippen LogP contribution >= 0.6 is 15.9 Å². The number of carbonyl (C=O) groups excluding carboxylic acids is 1. The van der Waals surface area contributed by atoms with Gasteiger partial charge in [-0.15, -0.1) is 0 Å². The van der Waals surface area contributed by atoms with Gasteiger partial charge in [-0.2, -0.15) is 0 Å². The Kier molecular flexibility index (Phi) is 4.93. The van der Waals surface area contributed by atoms with Crippen molar-refractivity contribution in [2.75, 3.05) is 43.5 Å². The maximum absolute atomic E-state index is 12.8. The van der Waals surface area contributed by atoms with Crippen molar-refractivity contribution in [3.05, 3.63) is 52.6 Å². The van der Waals surface area contributed by atoms with E-state index in [0.29, 0.717) is 17.4 Å². The minimum atomic E-state index is -0.153. The molecule has 1 N–H and O–H groups in total. The van der Waals surface area contributed by atoms with E-state index in [0.717, 1.165) is 36.4 Å². The van der Waals surface area contributed by atoms with Crippen molar-refractivity contribution in [3.8, 4) is 0 Å². The van der Waals surface area contributed by atoms with Gasteiger partial charge in [0.2, 0.25) is 0 Å². The van der Waals surface area contributed by atoms with Crippen LogP contribution in [0, 0.1) is 0 Å². The summed E-state index contributed by atoms with van der Waals surface area (Å²) in [6.45, 7) is 3.26. The summed E-state index contributed by atoms with van der Waals surface area (Å²) in [7, 11) is 2.13. The Hall–Kier alpha value is -1.96. The van der Waals surface area contributed by atoms with Crippen LogP contribution in [0.25, 0.3) is 0 Å². The van der Waals surface area contributed by atoms with Gasteiger partial charge >= 0.3 is 0 Å². The number of fused-ring (bicyclic) bond motifs is 1. The van der Waals surface area contributed by atoms with Crippen molar-refractivity contribution in [1.82, 2.24) is 9.88 Å². The van der Waals surface area contributed by atoms with Crippen molar-refractivity contribution in [2.24, 2.45) is 0 Å². The van der Waals surface area contributed by atoms with Crippen LogP contribution in [0.3, 0.4) is 0 Å². The molecule has 0 radical (unpaired) electrons. The van der Waals surface area contributed by atoms with E-state index in [1.807, 2.05) is 30.3 Å². The quantitative estimate of drug-likeness (QED) is 0.832. The third-order valence-corrected chi connectivity index (χ3v) is 5.54. The number of likely N-dealkylation sites (N-methyl/N-ethyl adjacent to an activating group) is 1. The van der Waals surface area contributed by atoms with Crippen molar-refractivity contribution in [1.29, 1.82) is 0 Å². The van der Waals surface area contributed by atoms with E-state index >= 15 is 0 Å². The molecule has 1 aromatic carbocycles. The zero-order valence-electron chi connectivity index (χ0n) is 14.6. The van der Waals surface area contributed by atoms with Gasteiger partial charge in [0.25, 0.3) is 5.91 Å². The number of benzene rings is 1. The summed E-state index contributed by atoms with van der Waals surface area (Å²) in [5, 5.41) is 2.95. The Balaban J connectivity index is 1.55. The standard InChI is InChI=1S/C19H21BrN4O2/c1-23-9-10-26-17-12-24(11-16(17)23)18-15(3-2-8-21-18)19(25)22-14-6-4-13(20)5-7-14/h2-8,16-17H,9-12H2,1H3,(H,22,25). The topological polar surface area (TPSA) is 57.7 Å². The predicted octanol–water partition coefficient (Wildman–Crippen LogP) is 2.62. The summed E-state index contributed by atoms with van der Waals surface area (Å²) in [5.41, 5.74) is 1.34. The van der Waals surface area contributed by atoms with Gasteiger partial charge in [0.05, 0.1) is 24.3 Å². The third kappa shape index (κ3) is 3.47. The van der Waals surface area contributed by atoms with Gasteiger partial charge in [0.1, 0.15) is 5.82 Å². The van der Waals surface area contributed by atoms with Crippen molar-refractivity contribution < 1.29 is 9.53 Å². The molecule has 6 nitrogen and oxygen atoms in total. The molecule has 2 atom stereocenters. The molecule has 1 amide bonds. The second kappa shape index (κ2) is 7.34. The largest absolute Gasteiger partial charge is 0.373 e. The van der Waals surface area contributed by atoms with E-state index in [-0.39, 0.29) is 12.0 Å². The summed E-state index contributed by atoms with van der Waals surface area (Å²) < 4.78 is 6.89. The van der Waals surface area contributed by atoms with E-state index < -0.39 is 0 Å². The first-order valence-electron chi connectivity index (χ1n) is 8.70. The molecule has 136 valence electrons. The number of nitrogens with one attached hydrogen (secondary N) is 1. The average Bonchev–Trinajstić information content (AvgIpc) is 3.09. The number of hydrogen-bond donors (Lipinski definition) is 1. The number of amides is 1. The fourth-order valence-corrected chi connectivity index (χ4v) is 3.85. The summed E-state index contributed by atoms with van der Waals surface area (Å²) in [6.07, 6.45) is 1.90. The molecule has 2 unspecified atom stereocenters. The number of morpholine rings is 1. The highest BCUT2D eigenvalue weighted by molar-refractivity contribution is 9.10. The minimum absolute atomic E-state index is 0.153. The third-order valence-electron chi connectivity index (χ3n) is 5.01. The number of hydrogen-bond acceptors (Lipinski definition) is 5. The Morgan fingerprint density at radius 1 is 1.27 bits per heavy atom. The molecule has 0 spiro atoms. The lowest BCUT2D eigenvalue weighted by molar-refractivity contribution is -0.0362. The Bertz CT molecular complexity index is 798. The first-order valence-corrected chi connectivity index (χ1v) is 9.50. The molecule has 2 aliphatic rings. The van der Waals surface area contributed by atoms with Crippen LogP contribution in [0.4, 0.5) is 11.5 Å². The molecular weight excluding hydrogens is 396 g/mol. The van der Waals surface area contributed by atoms with Gasteiger partial charge in [-0.1, -0.05) is 15.9 Å². The lowest BCUT2D eigenvalue weighted by Gasteiger charge is -2.33. The number of carbonyl (C=O) groups is 1. The molecule has 2 fully saturated rings. The number of pyridine rings is 1. The normalized spacial score (nSPS) is 22.9. The number of halogens is 1. The first kappa shape index (κ1) is 17.5. The number of rotatable bonds is 3. The van der Waals surface area contributed by atoms with Gasteiger partial charge in [-0.25, -0.2) is 4.98 Å². The Morgan fingerprint density at radius 3 is 2.85 bits per heavy atom. The van der Waals surface area contributed by atoms with E-state index in [1.165, 1.54) is 0 Å². The molecule has 4 rings (SSSR count). The fourth-order valence-electron chi connectivity index (χ4n) is 3.59. The van der Waals surface area contributed by atoms with Crippen LogP contribution in [0.5, 0.6) is 0 Å². The van der Waals surface area contributed by atoms with Crippen LogP contribution in [-0.2, 0) is 4.74 Å². The van der Waals surface area contributed by atoms with Crippen LogP contribution in [-0.4, -0.2) is 61.2 Å². The van der Waals surface area contributed by atoms with E-state index in [2.05, 4.69) is 43.1 Å². The highest BCUT2D eigenvalue weighted by atomic mass is 79.9. The summed E-state index contributed by atoms with van der Waals surface area (Å²) >= 11 is 3.40. The highest BCUT2D eigenvalue weighted by Gasteiger charge is 2.39. The van der Waals surface area contributed by atoms with E-state index in [4.69, 9.17) is 4.74 Å². The summed E-state index contributed by atoms with van der Waals surface area (Å²) in [4.78, 5) is 21.8. The number of aromatic nitrogens is 1. The smallest absolute Gasteiger partial charge is 0.259 e. The second-order valence-electron chi connectivity index (χ2n) is 6.70. The molecule has 2 aromatic rings. The maximum atomic E-state index is 12.8. The van der Waals surface area contributed by atoms with Crippen molar-refractivity contribution in [2.45, 2.75) is 12.1 Å². The zero-order chi connectivity index (χ0) is 18.1. The van der Waals surface area contributed by atoms with Gasteiger partial charge < -0.3 is 15.0 Å². The molecule has 26 heavy (non-hydrogen) atoms. The van der Waals surface area contributed by atoms with E-state index in [9.17, 15) is 4.79 Å². The Morgan fingerprint density at radius 2 is 2.08 bits per heavy atom. The molecule has 2 saturated heterocycles. The number of anilines is 2. The van der Waals surface area contributed by atoms with Gasteiger partial charge in [-0.05, 0) is 43.4 Å². The number of ether oxygens (including phenoxy) is 1. The maximum Gasteiger partial charge on any atom is 0.259 e. The lowest BCUT2D eigenvalue weighted by Crippen LogP contribution is -2.48. The van der Waals surface area contributed by atoms with Crippen molar-refractivity contribution in [3.63, 3.8) is 0 Å². The zero-order valence-corrected chi connectivity index (χ0v) is 16.1. The van der Waals surface area contributed by atoms with Crippen molar-refractivity contribution >= 4 is 33.3 Å². The Labute approximate surface area is 161 Å². The SMILES string of the molecule is CN1CCOC2CN(c3ncccc3C(=O)Nc3ccc(Br)cc3)CC21. The first-order chi connectivity index (χ1) is 12.6. The second-order valence-corrected chi connectivity index (χ2v) is 7.61. The molecular formula is C19H21BrN4O2. The monoisotopic (exact) mass is 416 g/mol. The molecule has 2 aliphatic heterocycles. The molecule has 1 aromatic heterocycles. The summed E-state index contributed by atoms with van der Waals surface area (Å²) in [6, 6.07) is 11.5. The van der Waals surface area contributed by atoms with Crippen LogP contribution in [0.2, 0.25) is 0 Å². The van der Waals surface area contributed by atoms with Crippen LogP contribution in [0.1, 0.15) is 10.4 Å². The average molecular weight is 417 g/mol. The van der Waals surface area contributed by atoms with Crippen LogP contribution < -0.4 is 10.2 Å². The highest BCUT2D eigenvalue weighted by Crippen LogP contribution is 2.28. The molecule has 3 heterocycles. The van der Waals surface area contributed by atoms with Gasteiger partial charge in [0, 0.05) is 36.0 Å². The van der Waals surface area contributed by atoms with E-state index in [1.54, 1.807) is 12.3 Å². The van der Waals surface area contributed by atoms with Gasteiger partial charge in [-0.3, -0.25) is 9.69 Å². The molecule has 0 saturated carbocycles. The predicted molar refractivity (Wildman–Crippen MR) is 105 cm³/mol. The number of nitrogens with zero attached hydrogens (tertiary/aromatic N) is 3. The molecule has 0 aliphatic carbocycles. The molecule has 7 heteroatoms. The minimum Gasteiger partial charge on any atom is -0.373 e. The van der Waals surface area contributed by atoms with Crippen LogP contribution in [0.15, 0.2) is 47.1 Å². The summed E-state index contributed by atoms with van der Waals surface area (Å²) in [5.74, 6) is 0.563. The lowest BCUT2D eigenvalue weighted by atomic mass is 10.1. The fraction of sp³-hybridized carbons (Fsp3) is 0.368. The molecule has 0 bridgehead atoms.